The van der Waals surface area contributed by atoms with Crippen LogP contribution in [0.2, 0.25) is 0 Å². The minimum absolute atomic E-state index is 0.115. The number of pyridine rings is 1. The summed E-state index contributed by atoms with van der Waals surface area (Å²) >= 11 is 0. The molecule has 1 aliphatic heterocycles. The normalized spacial score (nSPS) is 17.0. The molecule has 0 radical (unpaired) electrons. The first kappa shape index (κ1) is 18.9. The molecule has 0 spiro atoms. The van der Waals surface area contributed by atoms with E-state index in [-0.39, 0.29) is 32.1 Å². The number of aromatic nitrogens is 1. The Morgan fingerprint density at radius 2 is 2.24 bits per heavy atom. The third kappa shape index (κ3) is 5.82. The first-order valence-electron chi connectivity index (χ1n) is 8.32. The lowest BCUT2D eigenvalue weighted by atomic mass is 10.1. The SMILES string of the molecule is CCOC(=O)CNC(=O)[C@@H]1COCCN1C(=O)CCc1ccccn1. The number of morpholine rings is 1. The van der Waals surface area contributed by atoms with Crippen LogP contribution in [0.5, 0.6) is 0 Å². The van der Waals surface area contributed by atoms with E-state index >= 15 is 0 Å². The number of esters is 1. The van der Waals surface area contributed by atoms with Crippen LogP contribution < -0.4 is 5.32 Å². The molecule has 2 amide bonds. The molecule has 2 rings (SSSR count). The highest BCUT2D eigenvalue weighted by molar-refractivity contribution is 5.90. The van der Waals surface area contributed by atoms with Gasteiger partial charge in [-0.1, -0.05) is 6.07 Å². The van der Waals surface area contributed by atoms with Gasteiger partial charge in [-0.25, -0.2) is 0 Å². The molecule has 1 saturated heterocycles. The van der Waals surface area contributed by atoms with E-state index in [2.05, 4.69) is 10.3 Å². The maximum Gasteiger partial charge on any atom is 0.325 e. The summed E-state index contributed by atoms with van der Waals surface area (Å²) in [6.45, 7) is 2.56. The van der Waals surface area contributed by atoms with E-state index in [0.717, 1.165) is 5.69 Å². The topological polar surface area (TPSA) is 97.8 Å². The summed E-state index contributed by atoms with van der Waals surface area (Å²) in [6, 6.07) is 4.81. The van der Waals surface area contributed by atoms with Crippen molar-refractivity contribution in [1.29, 1.82) is 0 Å². The van der Waals surface area contributed by atoms with Crippen molar-refractivity contribution in [3.8, 4) is 0 Å². The second-order valence-corrected chi connectivity index (χ2v) is 5.52. The third-order valence-corrected chi connectivity index (χ3v) is 3.78. The van der Waals surface area contributed by atoms with Gasteiger partial charge in [0.25, 0.3) is 0 Å². The molecule has 0 unspecified atom stereocenters. The fourth-order valence-corrected chi connectivity index (χ4v) is 2.53. The first-order chi connectivity index (χ1) is 12.1. The summed E-state index contributed by atoms with van der Waals surface area (Å²) in [5.74, 6) is -1.07. The monoisotopic (exact) mass is 349 g/mol. The molecule has 8 nitrogen and oxygen atoms in total. The number of ether oxygens (including phenoxy) is 2. The standard InChI is InChI=1S/C17H23N3O5/c1-2-25-16(22)11-19-17(23)14-12-24-10-9-20(14)15(21)7-6-13-5-3-4-8-18-13/h3-5,8,14H,2,6-7,9-12H2,1H3,(H,19,23)/t14-/m0/s1. The average molecular weight is 349 g/mol. The maximum absolute atomic E-state index is 12.5. The molecule has 1 atom stereocenters. The Morgan fingerprint density at radius 3 is 2.96 bits per heavy atom. The summed E-state index contributed by atoms with van der Waals surface area (Å²) in [7, 11) is 0. The summed E-state index contributed by atoms with van der Waals surface area (Å²) in [6.07, 6.45) is 2.45. The molecule has 2 heterocycles. The Kier molecular flexibility index (Phi) is 7.34. The Morgan fingerprint density at radius 1 is 1.40 bits per heavy atom. The van der Waals surface area contributed by atoms with Crippen LogP contribution >= 0.6 is 0 Å². The van der Waals surface area contributed by atoms with Crippen LogP contribution in [0.1, 0.15) is 19.0 Å². The van der Waals surface area contributed by atoms with Gasteiger partial charge in [-0.05, 0) is 25.5 Å². The lowest BCUT2D eigenvalue weighted by Crippen LogP contribution is -2.56. The van der Waals surface area contributed by atoms with Gasteiger partial charge in [0.05, 0.1) is 19.8 Å². The zero-order valence-corrected chi connectivity index (χ0v) is 14.3. The molecule has 1 aliphatic rings. The van der Waals surface area contributed by atoms with Gasteiger partial charge in [0, 0.05) is 24.9 Å². The Bertz CT molecular complexity index is 593. The fraction of sp³-hybridized carbons (Fsp3) is 0.529. The Hall–Kier alpha value is -2.48. The Labute approximate surface area is 146 Å². The first-order valence-corrected chi connectivity index (χ1v) is 8.32. The van der Waals surface area contributed by atoms with Crippen LogP contribution in [0, 0.1) is 0 Å². The fourth-order valence-electron chi connectivity index (χ4n) is 2.53. The van der Waals surface area contributed by atoms with Gasteiger partial charge in [-0.3, -0.25) is 19.4 Å². The number of amides is 2. The molecular formula is C17H23N3O5. The van der Waals surface area contributed by atoms with Crippen molar-refractivity contribution in [1.82, 2.24) is 15.2 Å². The highest BCUT2D eigenvalue weighted by Crippen LogP contribution is 2.11. The predicted molar refractivity (Wildman–Crippen MR) is 88.5 cm³/mol. The number of aryl methyl sites for hydroxylation is 1. The van der Waals surface area contributed by atoms with Crippen LogP contribution in [0.4, 0.5) is 0 Å². The molecule has 1 aromatic rings. The van der Waals surface area contributed by atoms with Crippen LogP contribution in [-0.2, 0) is 30.3 Å². The highest BCUT2D eigenvalue weighted by Gasteiger charge is 2.32. The molecule has 25 heavy (non-hydrogen) atoms. The molecule has 136 valence electrons. The van der Waals surface area contributed by atoms with Crippen molar-refractivity contribution in [2.75, 3.05) is 32.9 Å². The smallest absolute Gasteiger partial charge is 0.325 e. The lowest BCUT2D eigenvalue weighted by Gasteiger charge is -2.34. The van der Waals surface area contributed by atoms with Crippen LogP contribution in [0.25, 0.3) is 0 Å². The van der Waals surface area contributed by atoms with Gasteiger partial charge < -0.3 is 19.7 Å². The number of nitrogens with one attached hydrogen (secondary N) is 1. The molecule has 0 aromatic carbocycles. The average Bonchev–Trinajstić information content (AvgIpc) is 2.65. The molecule has 1 fully saturated rings. The van der Waals surface area contributed by atoms with Crippen molar-refractivity contribution in [2.24, 2.45) is 0 Å². The number of hydrogen-bond acceptors (Lipinski definition) is 6. The van der Waals surface area contributed by atoms with Crippen molar-refractivity contribution >= 4 is 17.8 Å². The van der Waals surface area contributed by atoms with E-state index in [1.807, 2.05) is 18.2 Å². The van der Waals surface area contributed by atoms with Crippen LogP contribution in [0.15, 0.2) is 24.4 Å². The number of carbonyl (C=O) groups is 3. The second kappa shape index (κ2) is 9.73. The number of carbonyl (C=O) groups excluding carboxylic acids is 3. The Balaban J connectivity index is 1.88. The largest absolute Gasteiger partial charge is 0.465 e. The van der Waals surface area contributed by atoms with Gasteiger partial charge in [-0.2, -0.15) is 0 Å². The van der Waals surface area contributed by atoms with E-state index in [1.54, 1.807) is 13.1 Å². The highest BCUT2D eigenvalue weighted by atomic mass is 16.5. The summed E-state index contributed by atoms with van der Waals surface area (Å²) in [4.78, 5) is 41.8. The number of nitrogens with zero attached hydrogens (tertiary/aromatic N) is 2. The zero-order chi connectivity index (χ0) is 18.1. The van der Waals surface area contributed by atoms with Crippen LogP contribution in [-0.4, -0.2) is 66.6 Å². The van der Waals surface area contributed by atoms with Gasteiger partial charge in [0.1, 0.15) is 12.6 Å². The lowest BCUT2D eigenvalue weighted by molar-refractivity contribution is -0.150. The van der Waals surface area contributed by atoms with Gasteiger partial charge in [0.2, 0.25) is 11.8 Å². The van der Waals surface area contributed by atoms with Crippen molar-refractivity contribution in [3.63, 3.8) is 0 Å². The third-order valence-electron chi connectivity index (χ3n) is 3.78. The molecule has 1 aromatic heterocycles. The van der Waals surface area contributed by atoms with E-state index in [4.69, 9.17) is 9.47 Å². The molecule has 0 aliphatic carbocycles. The number of rotatable bonds is 7. The van der Waals surface area contributed by atoms with Crippen molar-refractivity contribution < 1.29 is 23.9 Å². The molecular weight excluding hydrogens is 326 g/mol. The van der Waals surface area contributed by atoms with E-state index in [0.29, 0.717) is 19.6 Å². The molecule has 0 bridgehead atoms. The summed E-state index contributed by atoms with van der Waals surface area (Å²) in [5, 5.41) is 2.50. The zero-order valence-electron chi connectivity index (χ0n) is 14.3. The second-order valence-electron chi connectivity index (χ2n) is 5.52. The minimum Gasteiger partial charge on any atom is -0.465 e. The number of hydrogen-bond donors (Lipinski definition) is 1. The van der Waals surface area contributed by atoms with Crippen molar-refractivity contribution in [2.45, 2.75) is 25.8 Å². The van der Waals surface area contributed by atoms with E-state index in [9.17, 15) is 14.4 Å². The molecule has 8 heteroatoms. The van der Waals surface area contributed by atoms with Crippen molar-refractivity contribution in [3.05, 3.63) is 30.1 Å². The molecule has 0 saturated carbocycles. The van der Waals surface area contributed by atoms with Gasteiger partial charge >= 0.3 is 5.97 Å². The summed E-state index contributed by atoms with van der Waals surface area (Å²) in [5.41, 5.74) is 0.826. The quantitative estimate of drug-likeness (QED) is 0.692. The molecule has 1 N–H and O–H groups in total. The van der Waals surface area contributed by atoms with E-state index in [1.165, 1.54) is 4.90 Å². The van der Waals surface area contributed by atoms with Crippen LogP contribution in [0.3, 0.4) is 0 Å². The minimum atomic E-state index is -0.737. The summed E-state index contributed by atoms with van der Waals surface area (Å²) < 4.78 is 10.1. The van der Waals surface area contributed by atoms with E-state index < -0.39 is 17.9 Å². The van der Waals surface area contributed by atoms with Gasteiger partial charge in [-0.15, -0.1) is 0 Å². The maximum atomic E-state index is 12.5. The van der Waals surface area contributed by atoms with Gasteiger partial charge in [0.15, 0.2) is 0 Å². The predicted octanol–water partition coefficient (Wildman–Crippen LogP) is -0.0791.